The van der Waals surface area contributed by atoms with Gasteiger partial charge in [0.25, 0.3) is 0 Å². The van der Waals surface area contributed by atoms with Gasteiger partial charge in [-0.1, -0.05) is 52.0 Å². The molecule has 0 amide bonds. The van der Waals surface area contributed by atoms with Gasteiger partial charge in [0, 0.05) is 19.1 Å². The lowest BCUT2D eigenvalue weighted by atomic mass is 9.98. The molecule has 1 atom stereocenters. The summed E-state index contributed by atoms with van der Waals surface area (Å²) in [6.45, 7) is 10.7. The fraction of sp³-hybridized carbons (Fsp3) is 0.625. The molecule has 102 valence electrons. The van der Waals surface area contributed by atoms with Gasteiger partial charge in [-0.3, -0.25) is 4.90 Å². The summed E-state index contributed by atoms with van der Waals surface area (Å²) in [7, 11) is 2.16. The van der Waals surface area contributed by atoms with Crippen molar-refractivity contribution in [2.75, 3.05) is 20.1 Å². The maximum Gasteiger partial charge on any atom is 0.0467 e. The Hall–Kier alpha value is -0.860. The van der Waals surface area contributed by atoms with Crippen LogP contribution >= 0.6 is 0 Å². The maximum absolute atomic E-state index is 5.94. The van der Waals surface area contributed by atoms with E-state index in [2.05, 4.69) is 63.9 Å². The fourth-order valence-corrected chi connectivity index (χ4v) is 2.38. The molecule has 2 heteroatoms. The van der Waals surface area contributed by atoms with E-state index in [0.29, 0.717) is 24.4 Å². The quantitative estimate of drug-likeness (QED) is 0.836. The number of hydrogen-bond donors (Lipinski definition) is 1. The monoisotopic (exact) mass is 248 g/mol. The van der Waals surface area contributed by atoms with Gasteiger partial charge in [0.05, 0.1) is 0 Å². The Bertz CT molecular complexity index is 341. The minimum Gasteiger partial charge on any atom is -0.329 e. The average Bonchev–Trinajstić information content (AvgIpc) is 2.29. The van der Waals surface area contributed by atoms with Crippen LogP contribution < -0.4 is 5.73 Å². The van der Waals surface area contributed by atoms with Crippen LogP contribution in [0.4, 0.5) is 0 Å². The first kappa shape index (κ1) is 15.2. The molecule has 18 heavy (non-hydrogen) atoms. The van der Waals surface area contributed by atoms with Crippen molar-refractivity contribution in [1.82, 2.24) is 4.90 Å². The molecule has 2 nitrogen and oxygen atoms in total. The Morgan fingerprint density at radius 1 is 1.00 bits per heavy atom. The van der Waals surface area contributed by atoms with Gasteiger partial charge in [0.15, 0.2) is 0 Å². The highest BCUT2D eigenvalue weighted by Crippen LogP contribution is 2.22. The SMILES string of the molecule is CC(C)CN(C)C(CN)c1ccc(C(C)C)cc1. The van der Waals surface area contributed by atoms with E-state index in [-0.39, 0.29) is 0 Å². The summed E-state index contributed by atoms with van der Waals surface area (Å²) in [6.07, 6.45) is 0. The standard InChI is InChI=1S/C16H28N2/c1-12(2)11-18(5)16(10-17)15-8-6-14(7-9-15)13(3)4/h6-9,12-13,16H,10-11,17H2,1-5H3. The normalized spacial score (nSPS) is 13.6. The number of likely N-dealkylation sites (N-methyl/N-ethyl adjacent to an activating group) is 1. The molecule has 1 aromatic rings. The maximum atomic E-state index is 5.94. The van der Waals surface area contributed by atoms with Crippen molar-refractivity contribution in [2.24, 2.45) is 11.7 Å². The minimum absolute atomic E-state index is 0.327. The van der Waals surface area contributed by atoms with Crippen LogP contribution in [-0.2, 0) is 0 Å². The lowest BCUT2D eigenvalue weighted by Gasteiger charge is -2.29. The van der Waals surface area contributed by atoms with E-state index in [1.165, 1.54) is 11.1 Å². The molecule has 0 aliphatic rings. The summed E-state index contributed by atoms with van der Waals surface area (Å²) in [5, 5.41) is 0. The van der Waals surface area contributed by atoms with Crippen LogP contribution in [0.15, 0.2) is 24.3 Å². The molecule has 0 heterocycles. The Kier molecular flexibility index (Phi) is 5.83. The van der Waals surface area contributed by atoms with E-state index in [1.807, 2.05) is 0 Å². The topological polar surface area (TPSA) is 29.3 Å². The van der Waals surface area contributed by atoms with Crippen molar-refractivity contribution < 1.29 is 0 Å². The molecule has 0 aliphatic carbocycles. The van der Waals surface area contributed by atoms with Crippen LogP contribution in [0.25, 0.3) is 0 Å². The molecule has 1 unspecified atom stereocenters. The van der Waals surface area contributed by atoms with Crippen LogP contribution in [0.2, 0.25) is 0 Å². The van der Waals surface area contributed by atoms with E-state index in [9.17, 15) is 0 Å². The number of rotatable bonds is 6. The van der Waals surface area contributed by atoms with Crippen LogP contribution in [0.5, 0.6) is 0 Å². The molecular weight excluding hydrogens is 220 g/mol. The van der Waals surface area contributed by atoms with Gasteiger partial charge in [-0.05, 0) is 30.0 Å². The predicted octanol–water partition coefficient (Wildman–Crippen LogP) is 3.40. The Balaban J connectivity index is 2.81. The van der Waals surface area contributed by atoms with Crippen LogP contribution in [0.3, 0.4) is 0 Å². The first-order valence-electron chi connectivity index (χ1n) is 6.95. The highest BCUT2D eigenvalue weighted by atomic mass is 15.1. The number of nitrogens with zero attached hydrogens (tertiary/aromatic N) is 1. The molecule has 0 aromatic heterocycles. The summed E-state index contributed by atoms with van der Waals surface area (Å²) in [6, 6.07) is 9.24. The molecule has 2 N–H and O–H groups in total. The van der Waals surface area contributed by atoms with Crippen LogP contribution in [0, 0.1) is 5.92 Å². The molecule has 1 aromatic carbocycles. The third-order valence-corrected chi connectivity index (χ3v) is 3.40. The third-order valence-electron chi connectivity index (χ3n) is 3.40. The van der Waals surface area contributed by atoms with Crippen molar-refractivity contribution in [1.29, 1.82) is 0 Å². The van der Waals surface area contributed by atoms with Gasteiger partial charge in [-0.25, -0.2) is 0 Å². The van der Waals surface area contributed by atoms with Crippen molar-refractivity contribution in [2.45, 2.75) is 39.7 Å². The zero-order valence-electron chi connectivity index (χ0n) is 12.5. The van der Waals surface area contributed by atoms with Gasteiger partial charge in [-0.2, -0.15) is 0 Å². The lowest BCUT2D eigenvalue weighted by Crippen LogP contribution is -2.33. The smallest absolute Gasteiger partial charge is 0.0467 e. The second kappa shape index (κ2) is 6.91. The molecule has 0 spiro atoms. The molecule has 0 saturated carbocycles. The summed E-state index contributed by atoms with van der Waals surface area (Å²) >= 11 is 0. The molecule has 0 fully saturated rings. The molecule has 0 saturated heterocycles. The number of nitrogens with two attached hydrogens (primary N) is 1. The van der Waals surface area contributed by atoms with Crippen molar-refractivity contribution >= 4 is 0 Å². The highest BCUT2D eigenvalue weighted by molar-refractivity contribution is 5.27. The predicted molar refractivity (Wildman–Crippen MR) is 79.8 cm³/mol. The van der Waals surface area contributed by atoms with E-state index >= 15 is 0 Å². The Morgan fingerprint density at radius 3 is 1.89 bits per heavy atom. The van der Waals surface area contributed by atoms with Gasteiger partial charge in [0.1, 0.15) is 0 Å². The van der Waals surface area contributed by atoms with Crippen molar-refractivity contribution in [3.05, 3.63) is 35.4 Å². The summed E-state index contributed by atoms with van der Waals surface area (Å²) in [4.78, 5) is 2.36. The largest absolute Gasteiger partial charge is 0.329 e. The molecule has 0 aliphatic heterocycles. The summed E-state index contributed by atoms with van der Waals surface area (Å²) < 4.78 is 0. The third kappa shape index (κ3) is 4.11. The molecular formula is C16H28N2. The second-order valence-electron chi connectivity index (χ2n) is 5.91. The van der Waals surface area contributed by atoms with Crippen LogP contribution in [0.1, 0.15) is 50.8 Å². The first-order valence-corrected chi connectivity index (χ1v) is 6.95. The first-order chi connectivity index (χ1) is 8.45. The van der Waals surface area contributed by atoms with Crippen LogP contribution in [-0.4, -0.2) is 25.0 Å². The second-order valence-corrected chi connectivity index (χ2v) is 5.91. The zero-order valence-corrected chi connectivity index (χ0v) is 12.5. The van der Waals surface area contributed by atoms with Gasteiger partial charge in [0.2, 0.25) is 0 Å². The summed E-state index contributed by atoms with van der Waals surface area (Å²) in [5.74, 6) is 1.25. The van der Waals surface area contributed by atoms with E-state index in [0.717, 1.165) is 6.54 Å². The van der Waals surface area contributed by atoms with Gasteiger partial charge < -0.3 is 5.73 Å². The van der Waals surface area contributed by atoms with Gasteiger partial charge >= 0.3 is 0 Å². The Labute approximate surface area is 112 Å². The average molecular weight is 248 g/mol. The molecule has 0 radical (unpaired) electrons. The number of benzene rings is 1. The van der Waals surface area contributed by atoms with E-state index < -0.39 is 0 Å². The molecule has 1 rings (SSSR count). The number of hydrogen-bond acceptors (Lipinski definition) is 2. The van der Waals surface area contributed by atoms with Crippen molar-refractivity contribution in [3.8, 4) is 0 Å². The Morgan fingerprint density at radius 2 is 1.50 bits per heavy atom. The fourth-order valence-electron chi connectivity index (χ4n) is 2.38. The minimum atomic E-state index is 0.327. The van der Waals surface area contributed by atoms with E-state index in [4.69, 9.17) is 5.73 Å². The van der Waals surface area contributed by atoms with E-state index in [1.54, 1.807) is 0 Å². The lowest BCUT2D eigenvalue weighted by molar-refractivity contribution is 0.223. The van der Waals surface area contributed by atoms with Gasteiger partial charge in [-0.15, -0.1) is 0 Å². The zero-order chi connectivity index (χ0) is 13.7. The van der Waals surface area contributed by atoms with Crippen molar-refractivity contribution in [3.63, 3.8) is 0 Å². The highest BCUT2D eigenvalue weighted by Gasteiger charge is 2.16. The summed E-state index contributed by atoms with van der Waals surface area (Å²) in [5.41, 5.74) is 8.65. The molecule has 0 bridgehead atoms.